The summed E-state index contributed by atoms with van der Waals surface area (Å²) < 4.78 is 28.5. The van der Waals surface area contributed by atoms with Crippen molar-refractivity contribution in [3.05, 3.63) is 59.1 Å². The Bertz CT molecular complexity index is 944. The fourth-order valence-corrected chi connectivity index (χ4v) is 5.35. The predicted molar refractivity (Wildman–Crippen MR) is 128 cm³/mol. The largest absolute Gasteiger partial charge is 0.354 e. The molecular formula is C23H30BrN3O3S. The second-order valence-corrected chi connectivity index (χ2v) is 10.8. The molecule has 2 aromatic carbocycles. The monoisotopic (exact) mass is 507 g/mol. The second-order valence-electron chi connectivity index (χ2n) is 8.03. The van der Waals surface area contributed by atoms with E-state index >= 15 is 0 Å². The van der Waals surface area contributed by atoms with Crippen molar-refractivity contribution in [2.45, 2.75) is 31.1 Å². The van der Waals surface area contributed by atoms with Crippen LogP contribution in [-0.2, 0) is 14.8 Å². The number of hydrogen-bond donors (Lipinski definition) is 1. The molecule has 1 heterocycles. The molecule has 0 spiro atoms. The third kappa shape index (κ3) is 6.79. The van der Waals surface area contributed by atoms with Crippen molar-refractivity contribution >= 4 is 37.5 Å². The smallest absolute Gasteiger partial charge is 0.264 e. The molecule has 0 aromatic heterocycles. The Kier molecular flexibility index (Phi) is 8.51. The van der Waals surface area contributed by atoms with Crippen LogP contribution in [0.4, 0.5) is 5.69 Å². The molecule has 8 heteroatoms. The lowest BCUT2D eigenvalue weighted by molar-refractivity contribution is -0.119. The maximum absolute atomic E-state index is 13.2. The zero-order valence-corrected chi connectivity index (χ0v) is 20.2. The van der Waals surface area contributed by atoms with E-state index in [1.807, 2.05) is 0 Å². The highest BCUT2D eigenvalue weighted by atomic mass is 79.9. The summed E-state index contributed by atoms with van der Waals surface area (Å²) in [5, 5.41) is 2.89. The number of halogens is 1. The molecule has 3 rings (SSSR count). The standard InChI is InChI=1S/C23H30BrN3O3S/c1-19-12-16-26(17-13-19)15-5-14-25-23(28)18-27(21-10-8-20(24)9-11-21)31(29,30)22-6-3-2-4-7-22/h2-4,6-11,19H,5,12-18H2,1H3,(H,25,28). The highest BCUT2D eigenvalue weighted by Crippen LogP contribution is 2.25. The number of benzene rings is 2. The van der Waals surface area contributed by atoms with Crippen LogP contribution in [0.25, 0.3) is 0 Å². The van der Waals surface area contributed by atoms with Crippen LogP contribution >= 0.6 is 15.9 Å². The summed E-state index contributed by atoms with van der Waals surface area (Å²) >= 11 is 3.37. The number of likely N-dealkylation sites (tertiary alicyclic amines) is 1. The van der Waals surface area contributed by atoms with Gasteiger partial charge < -0.3 is 10.2 Å². The van der Waals surface area contributed by atoms with E-state index in [0.29, 0.717) is 12.2 Å². The summed E-state index contributed by atoms with van der Waals surface area (Å²) in [6.07, 6.45) is 3.31. The first-order valence-electron chi connectivity index (χ1n) is 10.7. The van der Waals surface area contributed by atoms with Crippen LogP contribution in [0.5, 0.6) is 0 Å². The maximum atomic E-state index is 13.2. The van der Waals surface area contributed by atoms with E-state index in [9.17, 15) is 13.2 Å². The van der Waals surface area contributed by atoms with Gasteiger partial charge in [0.2, 0.25) is 5.91 Å². The first-order valence-corrected chi connectivity index (χ1v) is 12.9. The summed E-state index contributed by atoms with van der Waals surface area (Å²) in [4.78, 5) is 15.2. The Hall–Kier alpha value is -1.90. The van der Waals surface area contributed by atoms with Crippen LogP contribution in [-0.4, -0.2) is 51.9 Å². The third-order valence-electron chi connectivity index (χ3n) is 5.58. The summed E-state index contributed by atoms with van der Waals surface area (Å²) in [7, 11) is -3.87. The van der Waals surface area contributed by atoms with E-state index in [1.165, 1.54) is 12.8 Å². The Morgan fingerprint density at radius 2 is 1.74 bits per heavy atom. The van der Waals surface area contributed by atoms with Gasteiger partial charge in [0.05, 0.1) is 10.6 Å². The summed E-state index contributed by atoms with van der Waals surface area (Å²) in [5.41, 5.74) is 0.449. The van der Waals surface area contributed by atoms with Gasteiger partial charge in [-0.05, 0) is 81.2 Å². The Labute approximate surface area is 193 Å². The van der Waals surface area contributed by atoms with Crippen molar-refractivity contribution in [3.8, 4) is 0 Å². The van der Waals surface area contributed by atoms with Crippen LogP contribution in [0.3, 0.4) is 0 Å². The van der Waals surface area contributed by atoms with E-state index in [2.05, 4.69) is 33.1 Å². The molecule has 6 nitrogen and oxygen atoms in total. The molecule has 0 atom stereocenters. The molecule has 0 bridgehead atoms. The first kappa shape index (κ1) is 23.8. The van der Waals surface area contributed by atoms with Crippen LogP contribution < -0.4 is 9.62 Å². The molecular weight excluding hydrogens is 478 g/mol. The minimum Gasteiger partial charge on any atom is -0.354 e. The summed E-state index contributed by atoms with van der Waals surface area (Å²) in [5.74, 6) is 0.488. The minimum atomic E-state index is -3.87. The lowest BCUT2D eigenvalue weighted by atomic mass is 9.99. The normalized spacial score (nSPS) is 15.5. The molecule has 0 unspecified atom stereocenters. The maximum Gasteiger partial charge on any atom is 0.264 e. The second kappa shape index (κ2) is 11.1. The molecule has 1 fully saturated rings. The molecule has 1 saturated heterocycles. The number of rotatable bonds is 9. The number of piperidine rings is 1. The van der Waals surface area contributed by atoms with Gasteiger partial charge in [0.1, 0.15) is 6.54 Å². The van der Waals surface area contributed by atoms with Crippen molar-refractivity contribution in [2.24, 2.45) is 5.92 Å². The quantitative estimate of drug-likeness (QED) is 0.522. The zero-order chi connectivity index (χ0) is 22.3. The highest BCUT2D eigenvalue weighted by molar-refractivity contribution is 9.10. The topological polar surface area (TPSA) is 69.7 Å². The molecule has 0 aliphatic carbocycles. The van der Waals surface area contributed by atoms with Gasteiger partial charge in [0.25, 0.3) is 10.0 Å². The van der Waals surface area contributed by atoms with Crippen LogP contribution in [0.1, 0.15) is 26.2 Å². The first-order chi connectivity index (χ1) is 14.9. The summed E-state index contributed by atoms with van der Waals surface area (Å²) in [6.45, 7) is 5.73. The minimum absolute atomic E-state index is 0.157. The van der Waals surface area contributed by atoms with Crippen molar-refractivity contribution in [1.82, 2.24) is 10.2 Å². The van der Waals surface area contributed by atoms with Crippen molar-refractivity contribution < 1.29 is 13.2 Å². The van der Waals surface area contributed by atoms with Gasteiger partial charge in [-0.1, -0.05) is 41.1 Å². The molecule has 0 saturated carbocycles. The van der Waals surface area contributed by atoms with Crippen molar-refractivity contribution in [3.63, 3.8) is 0 Å². The molecule has 2 aromatic rings. The lowest BCUT2D eigenvalue weighted by Crippen LogP contribution is -2.41. The highest BCUT2D eigenvalue weighted by Gasteiger charge is 2.27. The van der Waals surface area contributed by atoms with Crippen LogP contribution in [0, 0.1) is 5.92 Å². The molecule has 1 N–H and O–H groups in total. The number of nitrogens with one attached hydrogen (secondary N) is 1. The van der Waals surface area contributed by atoms with E-state index in [-0.39, 0.29) is 17.3 Å². The number of carbonyl (C=O) groups is 1. The van der Waals surface area contributed by atoms with Gasteiger partial charge in [-0.15, -0.1) is 0 Å². The van der Waals surface area contributed by atoms with Gasteiger partial charge in [-0.2, -0.15) is 0 Å². The Morgan fingerprint density at radius 1 is 1.10 bits per heavy atom. The van der Waals surface area contributed by atoms with E-state index < -0.39 is 10.0 Å². The number of nitrogens with zero attached hydrogens (tertiary/aromatic N) is 2. The lowest BCUT2D eigenvalue weighted by Gasteiger charge is -2.30. The molecule has 31 heavy (non-hydrogen) atoms. The SMILES string of the molecule is CC1CCN(CCCNC(=O)CN(c2ccc(Br)cc2)S(=O)(=O)c2ccccc2)CC1. The number of amides is 1. The predicted octanol–water partition coefficient (Wildman–Crippen LogP) is 3.88. The fraction of sp³-hybridized carbons (Fsp3) is 0.435. The van der Waals surface area contributed by atoms with Gasteiger partial charge in [-0.3, -0.25) is 9.10 Å². The number of carbonyl (C=O) groups excluding carboxylic acids is 1. The van der Waals surface area contributed by atoms with Crippen molar-refractivity contribution in [1.29, 1.82) is 0 Å². The third-order valence-corrected chi connectivity index (χ3v) is 7.90. The van der Waals surface area contributed by atoms with Gasteiger partial charge in [-0.25, -0.2) is 8.42 Å². The van der Waals surface area contributed by atoms with Crippen molar-refractivity contribution in [2.75, 3.05) is 37.0 Å². The average molecular weight is 508 g/mol. The molecule has 1 aliphatic heterocycles. The van der Waals surface area contributed by atoms with E-state index in [4.69, 9.17) is 0 Å². The zero-order valence-electron chi connectivity index (χ0n) is 17.8. The Balaban J connectivity index is 1.62. The fourth-order valence-electron chi connectivity index (χ4n) is 3.64. The van der Waals surface area contributed by atoms with Crippen LogP contribution in [0.2, 0.25) is 0 Å². The molecule has 1 amide bonds. The van der Waals surface area contributed by atoms with Gasteiger partial charge in [0.15, 0.2) is 0 Å². The number of hydrogen-bond acceptors (Lipinski definition) is 4. The van der Waals surface area contributed by atoms with E-state index in [0.717, 1.165) is 40.8 Å². The van der Waals surface area contributed by atoms with Gasteiger partial charge >= 0.3 is 0 Å². The number of sulfonamides is 1. The summed E-state index contributed by atoms with van der Waals surface area (Å²) in [6, 6.07) is 15.1. The van der Waals surface area contributed by atoms with Gasteiger partial charge in [0, 0.05) is 11.0 Å². The average Bonchev–Trinajstić information content (AvgIpc) is 2.77. The molecule has 1 aliphatic rings. The molecule has 0 radical (unpaired) electrons. The Morgan fingerprint density at radius 3 is 2.39 bits per heavy atom. The molecule has 168 valence electrons. The number of anilines is 1. The van der Waals surface area contributed by atoms with E-state index in [1.54, 1.807) is 54.6 Å². The van der Waals surface area contributed by atoms with Crippen LogP contribution in [0.15, 0.2) is 64.0 Å².